The summed E-state index contributed by atoms with van der Waals surface area (Å²) in [7, 11) is 0. The van der Waals surface area contributed by atoms with Crippen LogP contribution in [0.2, 0.25) is 0 Å². The lowest BCUT2D eigenvalue weighted by Gasteiger charge is -2.32. The third kappa shape index (κ3) is 6.57. The minimum atomic E-state index is -0.408. The molecule has 3 heterocycles. The van der Waals surface area contributed by atoms with E-state index in [9.17, 15) is 9.50 Å². The third-order valence-corrected chi connectivity index (χ3v) is 7.66. The monoisotopic (exact) mass is 497 g/mol. The largest absolute Gasteiger partial charge is 0.490 e. The maximum absolute atomic E-state index is 12.6. The van der Waals surface area contributed by atoms with Crippen molar-refractivity contribution in [3.8, 4) is 11.5 Å². The summed E-state index contributed by atoms with van der Waals surface area (Å²) in [4.78, 5) is 6.83. The quantitative estimate of drug-likeness (QED) is 0.603. The second-order valence-electron chi connectivity index (χ2n) is 10.6. The summed E-state index contributed by atoms with van der Waals surface area (Å²) in [6.07, 6.45) is 2.67. The van der Waals surface area contributed by atoms with E-state index in [-0.39, 0.29) is 18.9 Å². The molecule has 2 atom stereocenters. The summed E-state index contributed by atoms with van der Waals surface area (Å²) in [5.41, 5.74) is 3.94. The first kappa shape index (κ1) is 25.5. The summed E-state index contributed by atoms with van der Waals surface area (Å²) in [5, 5.41) is 10.9. The van der Waals surface area contributed by atoms with Gasteiger partial charge in [-0.15, -0.1) is 0 Å². The molecule has 7 heteroatoms. The van der Waals surface area contributed by atoms with Gasteiger partial charge in [0.05, 0.1) is 6.10 Å². The SMILES string of the molecule is C[C@H]1CN(C[C@H](O)CN2CCc3ccccc3C2)Cc2ccc(OC3CCN(CCF)CC3)cc2O1. The summed E-state index contributed by atoms with van der Waals surface area (Å²) >= 11 is 0. The van der Waals surface area contributed by atoms with Crippen molar-refractivity contribution in [1.29, 1.82) is 0 Å². The van der Waals surface area contributed by atoms with Crippen molar-refractivity contribution in [3.05, 3.63) is 59.2 Å². The Labute approximate surface area is 214 Å². The maximum Gasteiger partial charge on any atom is 0.127 e. The Bertz CT molecular complexity index is 997. The van der Waals surface area contributed by atoms with Crippen LogP contribution < -0.4 is 9.47 Å². The van der Waals surface area contributed by atoms with Crippen LogP contribution in [0.1, 0.15) is 36.5 Å². The van der Waals surface area contributed by atoms with Crippen LogP contribution in [0.4, 0.5) is 4.39 Å². The van der Waals surface area contributed by atoms with E-state index in [1.165, 1.54) is 11.1 Å². The molecule has 1 fully saturated rings. The van der Waals surface area contributed by atoms with Gasteiger partial charge in [0.15, 0.2) is 0 Å². The Morgan fingerprint density at radius 2 is 1.72 bits per heavy atom. The van der Waals surface area contributed by atoms with Crippen LogP contribution >= 0.6 is 0 Å². The van der Waals surface area contributed by atoms with Gasteiger partial charge in [-0.1, -0.05) is 30.3 Å². The average Bonchev–Trinajstić information content (AvgIpc) is 3.02. The zero-order valence-corrected chi connectivity index (χ0v) is 21.4. The molecule has 0 aromatic heterocycles. The highest BCUT2D eigenvalue weighted by atomic mass is 19.1. The molecule has 6 nitrogen and oxygen atoms in total. The van der Waals surface area contributed by atoms with E-state index in [1.807, 2.05) is 12.1 Å². The second kappa shape index (κ2) is 11.9. The van der Waals surface area contributed by atoms with Crippen LogP contribution in [0.25, 0.3) is 0 Å². The average molecular weight is 498 g/mol. The summed E-state index contributed by atoms with van der Waals surface area (Å²) in [6.45, 7) is 8.83. The van der Waals surface area contributed by atoms with Gasteiger partial charge < -0.3 is 19.5 Å². The lowest BCUT2D eigenvalue weighted by Crippen LogP contribution is -2.43. The van der Waals surface area contributed by atoms with E-state index in [1.54, 1.807) is 0 Å². The number of aliphatic hydroxyl groups is 1. The highest BCUT2D eigenvalue weighted by Crippen LogP contribution is 2.31. The molecule has 196 valence electrons. The van der Waals surface area contributed by atoms with Gasteiger partial charge >= 0.3 is 0 Å². The normalized spacial score (nSPS) is 22.8. The first-order valence-electron chi connectivity index (χ1n) is 13.5. The number of likely N-dealkylation sites (tertiary alicyclic amines) is 1. The fourth-order valence-electron chi connectivity index (χ4n) is 5.84. The van der Waals surface area contributed by atoms with Gasteiger partial charge in [0.25, 0.3) is 0 Å². The molecule has 0 unspecified atom stereocenters. The van der Waals surface area contributed by atoms with Crippen molar-refractivity contribution < 1.29 is 19.0 Å². The number of alkyl halides is 1. The molecule has 0 bridgehead atoms. The first-order chi connectivity index (χ1) is 17.6. The lowest BCUT2D eigenvalue weighted by molar-refractivity contribution is 0.0573. The zero-order valence-electron chi connectivity index (χ0n) is 21.4. The van der Waals surface area contributed by atoms with Crippen LogP contribution in [-0.2, 0) is 19.5 Å². The Kier molecular flexibility index (Phi) is 8.42. The van der Waals surface area contributed by atoms with E-state index >= 15 is 0 Å². The molecule has 0 amide bonds. The topological polar surface area (TPSA) is 48.4 Å². The minimum Gasteiger partial charge on any atom is -0.490 e. The molecular weight excluding hydrogens is 457 g/mol. The first-order valence-corrected chi connectivity index (χ1v) is 13.5. The van der Waals surface area contributed by atoms with Crippen LogP contribution in [-0.4, -0.2) is 90.6 Å². The van der Waals surface area contributed by atoms with E-state index < -0.39 is 6.10 Å². The highest BCUT2D eigenvalue weighted by Gasteiger charge is 2.26. The van der Waals surface area contributed by atoms with Crippen molar-refractivity contribution >= 4 is 0 Å². The summed E-state index contributed by atoms with van der Waals surface area (Å²) in [6, 6.07) is 14.8. The van der Waals surface area contributed by atoms with Crippen molar-refractivity contribution in [2.75, 3.05) is 52.5 Å². The third-order valence-electron chi connectivity index (χ3n) is 7.66. The molecule has 2 aromatic carbocycles. The number of nitrogens with zero attached hydrogens (tertiary/aromatic N) is 3. The number of benzene rings is 2. The fourth-order valence-corrected chi connectivity index (χ4v) is 5.84. The smallest absolute Gasteiger partial charge is 0.127 e. The predicted molar refractivity (Wildman–Crippen MR) is 139 cm³/mol. The summed E-state index contributed by atoms with van der Waals surface area (Å²) in [5.74, 6) is 1.71. The zero-order chi connectivity index (χ0) is 24.9. The van der Waals surface area contributed by atoms with Crippen molar-refractivity contribution in [3.63, 3.8) is 0 Å². The molecule has 0 radical (unpaired) electrons. The van der Waals surface area contributed by atoms with Gasteiger partial charge in [0.2, 0.25) is 0 Å². The van der Waals surface area contributed by atoms with E-state index in [2.05, 4.69) is 52.0 Å². The second-order valence-corrected chi connectivity index (χ2v) is 10.6. The van der Waals surface area contributed by atoms with Crippen LogP contribution in [0.15, 0.2) is 42.5 Å². The molecule has 0 saturated carbocycles. The molecular formula is C29H40FN3O3. The van der Waals surface area contributed by atoms with Crippen molar-refractivity contribution in [1.82, 2.24) is 14.7 Å². The van der Waals surface area contributed by atoms with Crippen LogP contribution in [0.3, 0.4) is 0 Å². The van der Waals surface area contributed by atoms with Crippen molar-refractivity contribution in [2.45, 2.75) is 57.6 Å². The Balaban J connectivity index is 1.15. The number of hydrogen-bond acceptors (Lipinski definition) is 6. The molecule has 0 aliphatic carbocycles. The number of hydrogen-bond donors (Lipinski definition) is 1. The fraction of sp³-hybridized carbons (Fsp3) is 0.586. The van der Waals surface area contributed by atoms with E-state index in [0.29, 0.717) is 19.6 Å². The van der Waals surface area contributed by atoms with E-state index in [4.69, 9.17) is 9.47 Å². The Morgan fingerprint density at radius 3 is 2.53 bits per heavy atom. The lowest BCUT2D eigenvalue weighted by atomic mass is 10.00. The molecule has 5 rings (SSSR count). The number of piperidine rings is 1. The minimum absolute atomic E-state index is 0.0273. The number of aliphatic hydroxyl groups excluding tert-OH is 1. The van der Waals surface area contributed by atoms with Gasteiger partial charge in [-0.3, -0.25) is 9.80 Å². The number of halogens is 1. The molecule has 36 heavy (non-hydrogen) atoms. The Morgan fingerprint density at radius 1 is 0.972 bits per heavy atom. The number of fused-ring (bicyclic) bond motifs is 2. The van der Waals surface area contributed by atoms with Gasteiger partial charge in [0.1, 0.15) is 30.4 Å². The number of β-amino-alcohol motifs (C(OH)–C–C–N with tert-alkyl or cyclic N) is 1. The standard InChI is InChI=1S/C29H40FN3O3/c1-22-17-33(21-26(34)20-32-12-8-23-4-2-3-5-24(23)18-32)19-25-6-7-28(16-29(25)35-22)36-27-9-13-31(14-10-27)15-11-30/h2-7,16,22,26-27,34H,8-15,17-21H2,1H3/t22-,26+/m0/s1. The summed E-state index contributed by atoms with van der Waals surface area (Å²) < 4.78 is 25.1. The number of ether oxygens (including phenoxy) is 2. The molecule has 0 spiro atoms. The highest BCUT2D eigenvalue weighted by molar-refractivity contribution is 5.41. The van der Waals surface area contributed by atoms with Crippen LogP contribution in [0.5, 0.6) is 11.5 Å². The van der Waals surface area contributed by atoms with Gasteiger partial charge in [-0.25, -0.2) is 4.39 Å². The molecule has 2 aromatic rings. The van der Waals surface area contributed by atoms with Crippen molar-refractivity contribution in [2.24, 2.45) is 0 Å². The Hall–Kier alpha value is -2.19. The van der Waals surface area contributed by atoms with E-state index in [0.717, 1.165) is 75.6 Å². The maximum atomic E-state index is 12.6. The van der Waals surface area contributed by atoms with Gasteiger partial charge in [-0.2, -0.15) is 0 Å². The molecule has 3 aliphatic heterocycles. The number of rotatable bonds is 8. The van der Waals surface area contributed by atoms with Crippen LogP contribution in [0, 0.1) is 0 Å². The molecule has 1 N–H and O–H groups in total. The van der Waals surface area contributed by atoms with Gasteiger partial charge in [0, 0.05) is 70.5 Å². The molecule has 1 saturated heterocycles. The molecule has 3 aliphatic rings. The van der Waals surface area contributed by atoms with Gasteiger partial charge in [-0.05, 0) is 43.4 Å². The predicted octanol–water partition coefficient (Wildman–Crippen LogP) is 3.50.